The predicted octanol–water partition coefficient (Wildman–Crippen LogP) is 4.95. The average molecular weight is 616 g/mol. The molecule has 1 N–H and O–H groups in total. The number of pyridine rings is 1. The quantitative estimate of drug-likeness (QED) is 0.475. The fraction of sp³-hybridized carbons (Fsp3) is 0.586. The molecule has 2 aromatic rings. The lowest BCUT2D eigenvalue weighted by Gasteiger charge is -2.44. The summed E-state index contributed by atoms with van der Waals surface area (Å²) in [5, 5.41) is 12.7. The molecule has 1 aromatic heterocycles. The molecule has 1 unspecified atom stereocenters. The van der Waals surface area contributed by atoms with Crippen molar-refractivity contribution in [2.75, 3.05) is 50.5 Å². The Labute approximate surface area is 242 Å². The third-order valence-corrected chi connectivity index (χ3v) is 9.00. The van der Waals surface area contributed by atoms with Crippen molar-refractivity contribution in [3.8, 4) is 6.07 Å². The number of unbranched alkanes of at least 4 members (excludes halogenated alkanes) is 1. The number of hydrogen-bond donors (Lipinski definition) is 1. The zero-order valence-electron chi connectivity index (χ0n) is 23.7. The lowest BCUT2D eigenvalue weighted by Crippen LogP contribution is -2.57. The second kappa shape index (κ2) is 10.5. The number of aromatic nitrogens is 1. The molecule has 4 heterocycles. The van der Waals surface area contributed by atoms with Gasteiger partial charge in [-0.1, -0.05) is 0 Å². The molecule has 0 bridgehead atoms. The molecule has 2 amide bonds. The summed E-state index contributed by atoms with van der Waals surface area (Å²) in [4.78, 5) is 37.7. The molecule has 40 heavy (non-hydrogen) atoms. The Morgan fingerprint density at radius 3 is 2.75 bits per heavy atom. The monoisotopic (exact) mass is 614 g/mol. The van der Waals surface area contributed by atoms with Crippen LogP contribution in [0, 0.1) is 17.1 Å². The SMILES string of the molecule is CN(C)C1CN(c2nc3c(F)c(Br)c(CCCC#N)cc3c3c2NC(=O)C32CCCN(C(=O)OC(C)(C)C)C2)C1. The number of likely N-dealkylation sites (N-methyl/N-ethyl adjacent to an activating group) is 1. The van der Waals surface area contributed by atoms with Gasteiger partial charge in [-0.25, -0.2) is 14.2 Å². The number of carbonyl (C=O) groups is 2. The van der Waals surface area contributed by atoms with Crippen LogP contribution in [0.15, 0.2) is 10.5 Å². The van der Waals surface area contributed by atoms with Crippen molar-refractivity contribution in [1.82, 2.24) is 14.8 Å². The topological polar surface area (TPSA) is 102 Å². The van der Waals surface area contributed by atoms with E-state index in [-0.39, 0.29) is 18.0 Å². The molecule has 9 nitrogen and oxygen atoms in total. The molecule has 0 radical (unpaired) electrons. The van der Waals surface area contributed by atoms with E-state index in [0.29, 0.717) is 84.7 Å². The van der Waals surface area contributed by atoms with Gasteiger partial charge in [-0.05, 0) is 88.1 Å². The van der Waals surface area contributed by atoms with E-state index in [4.69, 9.17) is 15.0 Å². The van der Waals surface area contributed by atoms with E-state index < -0.39 is 22.9 Å². The number of ether oxygens (including phenoxy) is 1. The smallest absolute Gasteiger partial charge is 0.410 e. The van der Waals surface area contributed by atoms with Gasteiger partial charge in [-0.2, -0.15) is 5.26 Å². The molecule has 1 aromatic carbocycles. The van der Waals surface area contributed by atoms with Gasteiger partial charge in [0.2, 0.25) is 5.91 Å². The number of benzene rings is 1. The molecule has 5 rings (SSSR count). The minimum Gasteiger partial charge on any atom is -0.444 e. The third-order valence-electron chi connectivity index (χ3n) is 8.14. The summed E-state index contributed by atoms with van der Waals surface area (Å²) >= 11 is 3.44. The first-order chi connectivity index (χ1) is 18.9. The van der Waals surface area contributed by atoms with Crippen LogP contribution in [0.1, 0.15) is 57.6 Å². The highest BCUT2D eigenvalue weighted by molar-refractivity contribution is 9.10. The molecule has 0 saturated carbocycles. The maximum Gasteiger partial charge on any atom is 0.410 e. The second-order valence-electron chi connectivity index (χ2n) is 12.3. The van der Waals surface area contributed by atoms with Crippen LogP contribution in [-0.4, -0.2) is 78.7 Å². The Kier molecular flexibility index (Phi) is 7.46. The number of halogens is 2. The molecule has 1 spiro atoms. The Bertz CT molecular complexity index is 1410. The van der Waals surface area contributed by atoms with E-state index in [0.717, 1.165) is 5.56 Å². The minimum absolute atomic E-state index is 0.140. The number of aryl methyl sites for hydroxylation is 1. The van der Waals surface area contributed by atoms with Crippen molar-refractivity contribution in [3.63, 3.8) is 0 Å². The maximum atomic E-state index is 16.1. The fourth-order valence-corrected chi connectivity index (χ4v) is 6.49. The van der Waals surface area contributed by atoms with Gasteiger partial charge in [0.15, 0.2) is 11.6 Å². The van der Waals surface area contributed by atoms with Crippen LogP contribution in [0.5, 0.6) is 0 Å². The Morgan fingerprint density at radius 1 is 1.38 bits per heavy atom. The van der Waals surface area contributed by atoms with Crippen molar-refractivity contribution in [2.45, 2.75) is 69.9 Å². The minimum atomic E-state index is -1.06. The lowest BCUT2D eigenvalue weighted by molar-refractivity contribution is -0.122. The number of nitrogens with zero attached hydrogens (tertiary/aromatic N) is 5. The summed E-state index contributed by atoms with van der Waals surface area (Å²) in [5.74, 6) is -0.124. The number of fused-ring (bicyclic) bond motifs is 4. The number of likely N-dealkylation sites (tertiary alicyclic amines) is 1. The highest BCUT2D eigenvalue weighted by atomic mass is 79.9. The Hall–Kier alpha value is -2.97. The molecule has 2 fully saturated rings. The zero-order valence-corrected chi connectivity index (χ0v) is 25.3. The van der Waals surface area contributed by atoms with Crippen molar-refractivity contribution in [2.24, 2.45) is 0 Å². The standard InChI is InChI=1S/C29H36BrFN6O3/c1-28(2,3)40-27(39)36-12-8-10-29(16-36)20-19-13-17(9-6-7-11-32)21(30)22(31)23(19)33-25(24(20)34-26(29)38)37-14-18(15-37)35(4)5/h13,18H,6-10,12,14-16H2,1-5H3,(H,34,38). The van der Waals surface area contributed by atoms with Gasteiger partial charge in [0.1, 0.15) is 11.1 Å². The van der Waals surface area contributed by atoms with Gasteiger partial charge in [0.25, 0.3) is 0 Å². The number of carbonyl (C=O) groups excluding carboxylic acids is 2. The molecule has 0 aliphatic carbocycles. The summed E-state index contributed by atoms with van der Waals surface area (Å²) < 4.78 is 22.0. The van der Waals surface area contributed by atoms with Crippen molar-refractivity contribution < 1.29 is 18.7 Å². The van der Waals surface area contributed by atoms with E-state index in [9.17, 15) is 9.59 Å². The Morgan fingerprint density at radius 2 is 2.10 bits per heavy atom. The van der Waals surface area contributed by atoms with Crippen LogP contribution in [0.3, 0.4) is 0 Å². The summed E-state index contributed by atoms with van der Waals surface area (Å²) in [6.45, 7) is 7.48. The van der Waals surface area contributed by atoms with E-state index in [2.05, 4.69) is 37.1 Å². The van der Waals surface area contributed by atoms with Crippen molar-refractivity contribution in [1.29, 1.82) is 5.26 Å². The van der Waals surface area contributed by atoms with Gasteiger partial charge in [0, 0.05) is 49.6 Å². The van der Waals surface area contributed by atoms with E-state index in [1.54, 1.807) is 4.90 Å². The molecule has 3 aliphatic heterocycles. The van der Waals surface area contributed by atoms with Gasteiger partial charge in [-0.15, -0.1) is 0 Å². The summed E-state index contributed by atoms with van der Waals surface area (Å²) in [5.41, 5.74) is 0.495. The number of nitriles is 1. The number of hydrogen-bond acceptors (Lipinski definition) is 7. The van der Waals surface area contributed by atoms with Gasteiger partial charge in [-0.3, -0.25) is 4.79 Å². The molecule has 11 heteroatoms. The van der Waals surface area contributed by atoms with E-state index in [1.165, 1.54) is 0 Å². The van der Waals surface area contributed by atoms with Gasteiger partial charge < -0.3 is 24.8 Å². The number of amides is 2. The third kappa shape index (κ3) is 4.90. The van der Waals surface area contributed by atoms with Crippen LogP contribution in [0.25, 0.3) is 10.9 Å². The summed E-state index contributed by atoms with van der Waals surface area (Å²) in [6, 6.07) is 4.38. The van der Waals surface area contributed by atoms with Crippen LogP contribution in [0.4, 0.5) is 20.7 Å². The largest absolute Gasteiger partial charge is 0.444 e. The first-order valence-electron chi connectivity index (χ1n) is 13.8. The first kappa shape index (κ1) is 28.6. The Balaban J connectivity index is 1.67. The summed E-state index contributed by atoms with van der Waals surface area (Å²) in [6.07, 6.45) is 2.11. The maximum absolute atomic E-state index is 16.1. The van der Waals surface area contributed by atoms with Gasteiger partial charge in [0.05, 0.1) is 21.6 Å². The molecule has 214 valence electrons. The van der Waals surface area contributed by atoms with Crippen LogP contribution < -0.4 is 10.2 Å². The highest BCUT2D eigenvalue weighted by Gasteiger charge is 2.53. The first-order valence-corrected chi connectivity index (χ1v) is 14.6. The highest BCUT2D eigenvalue weighted by Crippen LogP contribution is 2.52. The van der Waals surface area contributed by atoms with Crippen molar-refractivity contribution >= 4 is 50.3 Å². The predicted molar refractivity (Wildman–Crippen MR) is 155 cm³/mol. The zero-order chi connectivity index (χ0) is 29.0. The molecular formula is C29H36BrFN6O3. The van der Waals surface area contributed by atoms with Crippen LogP contribution in [-0.2, 0) is 21.4 Å². The van der Waals surface area contributed by atoms with E-state index in [1.807, 2.05) is 40.9 Å². The number of nitrogens with one attached hydrogen (secondary N) is 1. The molecule has 3 aliphatic rings. The second-order valence-corrected chi connectivity index (χ2v) is 13.1. The average Bonchev–Trinajstić information content (AvgIpc) is 3.12. The number of anilines is 2. The fourth-order valence-electron chi connectivity index (χ4n) is 5.99. The molecule has 1 atom stereocenters. The van der Waals surface area contributed by atoms with Gasteiger partial charge >= 0.3 is 6.09 Å². The van der Waals surface area contributed by atoms with E-state index >= 15 is 4.39 Å². The van der Waals surface area contributed by atoms with Crippen molar-refractivity contribution in [3.05, 3.63) is 27.5 Å². The molecule has 2 saturated heterocycles. The van der Waals surface area contributed by atoms with Crippen LogP contribution >= 0.6 is 15.9 Å². The number of rotatable bonds is 5. The lowest BCUT2D eigenvalue weighted by atomic mass is 9.73. The van der Waals surface area contributed by atoms with Crippen LogP contribution in [0.2, 0.25) is 0 Å². The number of piperidine rings is 1. The molecular weight excluding hydrogens is 579 g/mol. The summed E-state index contributed by atoms with van der Waals surface area (Å²) in [7, 11) is 4.05. The normalized spacial score (nSPS) is 21.0.